The van der Waals surface area contributed by atoms with Crippen LogP contribution >= 0.6 is 0 Å². The van der Waals surface area contributed by atoms with E-state index >= 15 is 0 Å². The Morgan fingerprint density at radius 2 is 2.06 bits per heavy atom. The Morgan fingerprint density at radius 3 is 2.69 bits per heavy atom. The first-order valence-corrected chi connectivity index (χ1v) is 4.87. The van der Waals surface area contributed by atoms with Gasteiger partial charge in [0, 0.05) is 0 Å². The fourth-order valence-electron chi connectivity index (χ4n) is 1.88. The van der Waals surface area contributed by atoms with Crippen LogP contribution in [0.1, 0.15) is 21.5 Å². The van der Waals surface area contributed by atoms with Gasteiger partial charge in [-0.2, -0.15) is 5.26 Å². The predicted molar refractivity (Wildman–Crippen MR) is 61.9 cm³/mol. The highest BCUT2D eigenvalue weighted by Crippen LogP contribution is 2.24. The predicted octanol–water partition coefficient (Wildman–Crippen LogP) is 2.12. The Balaban J connectivity index is 2.98. The monoisotopic (exact) mass is 210 g/mol. The number of nitriles is 1. The van der Waals surface area contributed by atoms with Crippen molar-refractivity contribution in [3.05, 3.63) is 47.0 Å². The number of hydrogen-bond donors (Lipinski definition) is 1. The van der Waals surface area contributed by atoms with Gasteiger partial charge < -0.3 is 5.73 Å². The Kier molecular flexibility index (Phi) is 2.34. The second-order valence-corrected chi connectivity index (χ2v) is 3.62. The molecule has 3 heteroatoms. The minimum absolute atomic E-state index is 0.439. The number of nitrogens with two attached hydrogens (primary N) is 1. The highest BCUT2D eigenvalue weighted by molar-refractivity contribution is 6.08. The maximum atomic E-state index is 11.4. The van der Waals surface area contributed by atoms with Gasteiger partial charge in [0.05, 0.1) is 17.2 Å². The third-order valence-electron chi connectivity index (χ3n) is 2.68. The van der Waals surface area contributed by atoms with Gasteiger partial charge in [0.1, 0.15) is 0 Å². The van der Waals surface area contributed by atoms with Crippen LogP contribution in [0.25, 0.3) is 10.8 Å². The topological polar surface area (TPSA) is 66.9 Å². The summed E-state index contributed by atoms with van der Waals surface area (Å²) in [5.74, 6) is -0.495. The van der Waals surface area contributed by atoms with Crippen LogP contribution < -0.4 is 5.73 Å². The van der Waals surface area contributed by atoms with E-state index in [0.29, 0.717) is 16.7 Å². The van der Waals surface area contributed by atoms with Gasteiger partial charge in [-0.1, -0.05) is 24.3 Å². The molecule has 0 fully saturated rings. The fourth-order valence-corrected chi connectivity index (χ4v) is 1.88. The molecule has 1 amide bonds. The zero-order valence-corrected chi connectivity index (χ0v) is 8.82. The first kappa shape index (κ1) is 10.2. The maximum absolute atomic E-state index is 11.4. The molecule has 0 aliphatic heterocycles. The van der Waals surface area contributed by atoms with Crippen molar-refractivity contribution in [2.75, 3.05) is 0 Å². The van der Waals surface area contributed by atoms with Gasteiger partial charge in [-0.15, -0.1) is 0 Å². The lowest BCUT2D eigenvalue weighted by Gasteiger charge is -2.08. The Bertz CT molecular complexity index is 624. The number of carbonyl (C=O) groups excluding carboxylic acids is 1. The van der Waals surface area contributed by atoms with Gasteiger partial charge in [-0.25, -0.2) is 0 Å². The Morgan fingerprint density at radius 1 is 1.38 bits per heavy atom. The Hall–Kier alpha value is -2.34. The smallest absolute Gasteiger partial charge is 0.249 e. The molecule has 2 aromatic rings. The molecule has 2 aromatic carbocycles. The van der Waals surface area contributed by atoms with Crippen LogP contribution in [0.5, 0.6) is 0 Å². The quantitative estimate of drug-likeness (QED) is 0.783. The van der Waals surface area contributed by atoms with Crippen LogP contribution in [0.3, 0.4) is 0 Å². The van der Waals surface area contributed by atoms with Gasteiger partial charge in [-0.05, 0) is 29.3 Å². The summed E-state index contributed by atoms with van der Waals surface area (Å²) in [6.45, 7) is 1.74. The van der Waals surface area contributed by atoms with Crippen molar-refractivity contribution >= 4 is 16.7 Å². The van der Waals surface area contributed by atoms with Crippen molar-refractivity contribution in [2.45, 2.75) is 6.92 Å². The summed E-state index contributed by atoms with van der Waals surface area (Å²) >= 11 is 0. The number of rotatable bonds is 1. The van der Waals surface area contributed by atoms with E-state index in [0.717, 1.165) is 10.8 Å². The lowest BCUT2D eigenvalue weighted by Crippen LogP contribution is -2.14. The maximum Gasteiger partial charge on any atom is 0.249 e. The summed E-state index contributed by atoms with van der Waals surface area (Å²) < 4.78 is 0. The molecule has 3 nitrogen and oxygen atoms in total. The molecular formula is C13H10N2O. The first-order chi connectivity index (χ1) is 7.65. The van der Waals surface area contributed by atoms with Crippen molar-refractivity contribution in [3.8, 4) is 6.07 Å². The summed E-state index contributed by atoms with van der Waals surface area (Å²) in [5, 5.41) is 10.6. The van der Waals surface area contributed by atoms with E-state index < -0.39 is 5.91 Å². The average molecular weight is 210 g/mol. The zero-order chi connectivity index (χ0) is 11.7. The SMILES string of the molecule is Cc1c(C#N)cc2ccccc2c1C(N)=O. The molecule has 2 N–H and O–H groups in total. The van der Waals surface area contributed by atoms with Crippen LogP contribution in [0, 0.1) is 18.3 Å². The second-order valence-electron chi connectivity index (χ2n) is 3.62. The molecular weight excluding hydrogens is 200 g/mol. The van der Waals surface area contributed by atoms with Crippen molar-refractivity contribution in [1.82, 2.24) is 0 Å². The molecule has 0 aliphatic carbocycles. The standard InChI is InChI=1S/C13H10N2O/c1-8-10(7-14)6-9-4-2-3-5-11(9)12(8)13(15)16/h2-6H,1H3,(H2,15,16). The minimum Gasteiger partial charge on any atom is -0.366 e. The third-order valence-corrected chi connectivity index (χ3v) is 2.68. The summed E-state index contributed by atoms with van der Waals surface area (Å²) in [6, 6.07) is 11.3. The van der Waals surface area contributed by atoms with E-state index in [1.807, 2.05) is 24.3 Å². The van der Waals surface area contributed by atoms with Crippen LogP contribution in [-0.4, -0.2) is 5.91 Å². The van der Waals surface area contributed by atoms with Crippen LogP contribution in [-0.2, 0) is 0 Å². The normalized spacial score (nSPS) is 10.0. The van der Waals surface area contributed by atoms with E-state index in [9.17, 15) is 4.79 Å². The van der Waals surface area contributed by atoms with Gasteiger partial charge in [-0.3, -0.25) is 4.79 Å². The number of hydrogen-bond acceptors (Lipinski definition) is 2. The molecule has 0 unspecified atom stereocenters. The molecule has 0 saturated carbocycles. The zero-order valence-electron chi connectivity index (χ0n) is 8.82. The van der Waals surface area contributed by atoms with Gasteiger partial charge in [0.15, 0.2) is 0 Å². The number of amides is 1. The first-order valence-electron chi connectivity index (χ1n) is 4.87. The highest BCUT2D eigenvalue weighted by Gasteiger charge is 2.13. The van der Waals surface area contributed by atoms with Crippen LogP contribution in [0.15, 0.2) is 30.3 Å². The number of fused-ring (bicyclic) bond motifs is 1. The lowest BCUT2D eigenvalue weighted by atomic mass is 9.95. The molecule has 0 aromatic heterocycles. The van der Waals surface area contributed by atoms with Crippen molar-refractivity contribution in [1.29, 1.82) is 5.26 Å². The summed E-state index contributed by atoms with van der Waals surface area (Å²) in [4.78, 5) is 11.4. The van der Waals surface area contributed by atoms with E-state index in [1.54, 1.807) is 13.0 Å². The molecule has 0 bridgehead atoms. The van der Waals surface area contributed by atoms with Crippen molar-refractivity contribution in [2.24, 2.45) is 5.73 Å². The summed E-state index contributed by atoms with van der Waals surface area (Å²) in [7, 11) is 0. The van der Waals surface area contributed by atoms with E-state index in [-0.39, 0.29) is 0 Å². The summed E-state index contributed by atoms with van der Waals surface area (Å²) in [5.41, 5.74) is 6.94. The molecule has 0 radical (unpaired) electrons. The second kappa shape index (κ2) is 3.67. The highest BCUT2D eigenvalue weighted by atomic mass is 16.1. The fraction of sp³-hybridized carbons (Fsp3) is 0.0769. The molecule has 78 valence electrons. The van der Waals surface area contributed by atoms with Gasteiger partial charge in [0.25, 0.3) is 0 Å². The number of nitrogens with zero attached hydrogens (tertiary/aromatic N) is 1. The van der Waals surface area contributed by atoms with E-state index in [1.165, 1.54) is 0 Å². The number of benzene rings is 2. The Labute approximate surface area is 93.1 Å². The molecule has 0 spiro atoms. The number of primary amides is 1. The number of carbonyl (C=O) groups is 1. The minimum atomic E-state index is -0.495. The van der Waals surface area contributed by atoms with Crippen molar-refractivity contribution in [3.63, 3.8) is 0 Å². The van der Waals surface area contributed by atoms with E-state index in [2.05, 4.69) is 6.07 Å². The molecule has 0 aliphatic rings. The molecule has 16 heavy (non-hydrogen) atoms. The molecule has 2 rings (SSSR count). The lowest BCUT2D eigenvalue weighted by molar-refractivity contribution is 0.100. The summed E-state index contributed by atoms with van der Waals surface area (Å²) in [6.07, 6.45) is 0. The van der Waals surface area contributed by atoms with Gasteiger partial charge >= 0.3 is 0 Å². The van der Waals surface area contributed by atoms with E-state index in [4.69, 9.17) is 11.0 Å². The van der Waals surface area contributed by atoms with Crippen molar-refractivity contribution < 1.29 is 4.79 Å². The van der Waals surface area contributed by atoms with Gasteiger partial charge in [0.2, 0.25) is 5.91 Å². The average Bonchev–Trinajstić information content (AvgIpc) is 2.27. The van der Waals surface area contributed by atoms with Crippen LogP contribution in [0.4, 0.5) is 0 Å². The van der Waals surface area contributed by atoms with Crippen LogP contribution in [0.2, 0.25) is 0 Å². The molecule has 0 atom stereocenters. The largest absolute Gasteiger partial charge is 0.366 e. The molecule has 0 heterocycles. The third kappa shape index (κ3) is 1.41. The molecule has 0 saturated heterocycles.